The van der Waals surface area contributed by atoms with Crippen molar-refractivity contribution in [3.63, 3.8) is 0 Å². The van der Waals surface area contributed by atoms with Crippen molar-refractivity contribution in [3.8, 4) is 11.3 Å². The number of hydrogen-bond donors (Lipinski definition) is 1. The van der Waals surface area contributed by atoms with Gasteiger partial charge in [-0.3, -0.25) is 14.7 Å². The van der Waals surface area contributed by atoms with Crippen LogP contribution in [0.15, 0.2) is 35.3 Å². The van der Waals surface area contributed by atoms with E-state index in [1.54, 1.807) is 4.90 Å². The molecule has 178 valence electrons. The molecule has 1 fully saturated rings. The molecule has 34 heavy (non-hydrogen) atoms. The molecule has 0 atom stereocenters. The Morgan fingerprint density at radius 3 is 2.65 bits per heavy atom. The monoisotopic (exact) mass is 456 g/mol. The highest BCUT2D eigenvalue weighted by molar-refractivity contribution is 5.93. The van der Waals surface area contributed by atoms with Crippen LogP contribution in [0.1, 0.15) is 60.8 Å². The number of aryl methyl sites for hydroxylation is 1. The van der Waals surface area contributed by atoms with Crippen LogP contribution in [-0.2, 0) is 11.2 Å². The Bertz CT molecular complexity index is 1260. The predicted octanol–water partition coefficient (Wildman–Crippen LogP) is 5.79. The minimum absolute atomic E-state index is 0.189. The Morgan fingerprint density at radius 1 is 1.18 bits per heavy atom. The van der Waals surface area contributed by atoms with Gasteiger partial charge >= 0.3 is 0 Å². The summed E-state index contributed by atoms with van der Waals surface area (Å²) in [5, 5.41) is 1.35. The van der Waals surface area contributed by atoms with Gasteiger partial charge in [0.05, 0.1) is 12.2 Å². The molecule has 1 saturated heterocycles. The Morgan fingerprint density at radius 2 is 1.94 bits per heavy atom. The number of piperidine rings is 1. The van der Waals surface area contributed by atoms with Crippen LogP contribution in [0.4, 0.5) is 5.69 Å². The molecule has 5 rings (SSSR count). The molecule has 3 aromatic rings. The molecule has 2 aromatic carbocycles. The van der Waals surface area contributed by atoms with Gasteiger partial charge in [-0.1, -0.05) is 19.9 Å². The third-order valence-corrected chi connectivity index (χ3v) is 7.56. The first-order chi connectivity index (χ1) is 16.3. The lowest BCUT2D eigenvalue weighted by Crippen LogP contribution is -2.40. The van der Waals surface area contributed by atoms with Crippen LogP contribution >= 0.6 is 0 Å². The lowest BCUT2D eigenvalue weighted by molar-refractivity contribution is -0.130. The molecule has 2 aliphatic rings. The Balaban J connectivity index is 1.44. The van der Waals surface area contributed by atoms with E-state index < -0.39 is 0 Å². The molecule has 0 unspecified atom stereocenters. The van der Waals surface area contributed by atoms with Gasteiger partial charge in [-0.2, -0.15) is 0 Å². The number of benzene rings is 2. The second-order valence-electron chi connectivity index (χ2n) is 10.5. The second-order valence-corrected chi connectivity index (χ2v) is 10.5. The van der Waals surface area contributed by atoms with Crippen molar-refractivity contribution in [1.29, 1.82) is 0 Å². The van der Waals surface area contributed by atoms with E-state index in [-0.39, 0.29) is 5.91 Å². The number of likely N-dealkylation sites (N-methyl/N-ethyl adjacent to an activating group) is 1. The molecular weight excluding hydrogens is 420 g/mol. The van der Waals surface area contributed by atoms with Crippen LogP contribution in [0.25, 0.3) is 22.2 Å². The zero-order valence-corrected chi connectivity index (χ0v) is 21.1. The van der Waals surface area contributed by atoms with E-state index in [1.165, 1.54) is 44.4 Å². The van der Waals surface area contributed by atoms with Crippen molar-refractivity contribution in [2.24, 2.45) is 4.99 Å². The molecule has 0 bridgehead atoms. The van der Waals surface area contributed by atoms with Gasteiger partial charge in [0.15, 0.2) is 0 Å². The van der Waals surface area contributed by atoms with Crippen LogP contribution in [0, 0.1) is 6.92 Å². The van der Waals surface area contributed by atoms with Gasteiger partial charge < -0.3 is 9.88 Å². The highest BCUT2D eigenvalue weighted by Crippen LogP contribution is 2.40. The smallest absolute Gasteiger partial charge is 0.236 e. The van der Waals surface area contributed by atoms with Gasteiger partial charge in [-0.15, -0.1) is 0 Å². The van der Waals surface area contributed by atoms with Crippen molar-refractivity contribution < 1.29 is 4.79 Å². The average molecular weight is 457 g/mol. The maximum atomic E-state index is 12.1. The standard InChI is InChI=1S/C29H36N4O/c1-18(2)27-24-16-21(20-9-12-33(13-10-20)17-26(34)32(4)5)6-7-25(24)31-29(27)23-14-19(3)28-22(15-23)8-11-30-28/h6-7,11,14-16,18,20,31H,8-10,12-13,17H2,1-5H3. The first-order valence-corrected chi connectivity index (χ1v) is 12.6. The summed E-state index contributed by atoms with van der Waals surface area (Å²) in [6, 6.07) is 11.6. The third-order valence-electron chi connectivity index (χ3n) is 7.56. The summed E-state index contributed by atoms with van der Waals surface area (Å²) < 4.78 is 0. The van der Waals surface area contributed by atoms with Crippen molar-refractivity contribution in [2.45, 2.75) is 51.9 Å². The van der Waals surface area contributed by atoms with E-state index in [2.05, 4.69) is 66.0 Å². The number of nitrogens with zero attached hydrogens (tertiary/aromatic N) is 3. The van der Waals surface area contributed by atoms with E-state index in [4.69, 9.17) is 0 Å². The minimum Gasteiger partial charge on any atom is -0.354 e. The number of likely N-dealkylation sites (tertiary alicyclic amines) is 1. The summed E-state index contributed by atoms with van der Waals surface area (Å²) >= 11 is 0. The fraction of sp³-hybridized carbons (Fsp3) is 0.448. The topological polar surface area (TPSA) is 51.7 Å². The number of rotatable bonds is 5. The van der Waals surface area contributed by atoms with Crippen molar-refractivity contribution in [2.75, 3.05) is 33.7 Å². The molecule has 5 heteroatoms. The lowest BCUT2D eigenvalue weighted by atomic mass is 9.87. The average Bonchev–Trinajstić information content (AvgIpc) is 3.44. The lowest BCUT2D eigenvalue weighted by Gasteiger charge is -2.32. The highest BCUT2D eigenvalue weighted by atomic mass is 16.2. The molecule has 0 saturated carbocycles. The number of carbonyl (C=O) groups excluding carboxylic acids is 1. The normalized spacial score (nSPS) is 16.5. The molecular formula is C29H36N4O. The number of amides is 1. The minimum atomic E-state index is 0.189. The summed E-state index contributed by atoms with van der Waals surface area (Å²) in [6.07, 6.45) is 5.14. The van der Waals surface area contributed by atoms with Gasteiger partial charge in [-0.05, 0) is 96.8 Å². The maximum absolute atomic E-state index is 12.1. The van der Waals surface area contributed by atoms with Crippen LogP contribution in [-0.4, -0.2) is 60.6 Å². The van der Waals surface area contributed by atoms with Gasteiger partial charge in [0.25, 0.3) is 0 Å². The highest BCUT2D eigenvalue weighted by Gasteiger charge is 2.24. The van der Waals surface area contributed by atoms with Gasteiger partial charge in [0.1, 0.15) is 0 Å². The van der Waals surface area contributed by atoms with E-state index in [9.17, 15) is 4.79 Å². The third kappa shape index (κ3) is 4.18. The van der Waals surface area contributed by atoms with Gasteiger partial charge in [0, 0.05) is 43.3 Å². The first-order valence-electron chi connectivity index (χ1n) is 12.6. The first kappa shape index (κ1) is 22.9. The van der Waals surface area contributed by atoms with E-state index in [0.29, 0.717) is 18.4 Å². The summed E-state index contributed by atoms with van der Waals surface area (Å²) in [5.74, 6) is 1.16. The van der Waals surface area contributed by atoms with Crippen molar-refractivity contribution in [1.82, 2.24) is 14.8 Å². The van der Waals surface area contributed by atoms with E-state index in [0.717, 1.165) is 38.0 Å². The molecule has 5 nitrogen and oxygen atoms in total. The summed E-state index contributed by atoms with van der Waals surface area (Å²) in [7, 11) is 3.67. The fourth-order valence-corrected chi connectivity index (χ4v) is 5.64. The van der Waals surface area contributed by atoms with Crippen molar-refractivity contribution in [3.05, 3.63) is 52.6 Å². The quantitative estimate of drug-likeness (QED) is 0.528. The summed E-state index contributed by atoms with van der Waals surface area (Å²) in [5.41, 5.74) is 10.3. The molecule has 0 radical (unpaired) electrons. The zero-order chi connectivity index (χ0) is 24.0. The van der Waals surface area contributed by atoms with Crippen molar-refractivity contribution >= 4 is 28.7 Å². The molecule has 0 aliphatic carbocycles. The fourth-order valence-electron chi connectivity index (χ4n) is 5.64. The maximum Gasteiger partial charge on any atom is 0.236 e. The Kier molecular flexibility index (Phi) is 6.07. The number of fused-ring (bicyclic) bond motifs is 2. The van der Waals surface area contributed by atoms with E-state index >= 15 is 0 Å². The van der Waals surface area contributed by atoms with Crippen LogP contribution in [0.2, 0.25) is 0 Å². The molecule has 1 amide bonds. The van der Waals surface area contributed by atoms with Gasteiger partial charge in [-0.25, -0.2) is 0 Å². The molecule has 0 spiro atoms. The number of hydrogen-bond acceptors (Lipinski definition) is 3. The van der Waals surface area contributed by atoms with Crippen LogP contribution in [0.5, 0.6) is 0 Å². The SMILES string of the molecule is Cc1cc(-c2[nH]c3ccc(C4CCN(CC(=O)N(C)C)CC4)cc3c2C(C)C)cc2c1N=CC2. The van der Waals surface area contributed by atoms with Crippen LogP contribution in [0.3, 0.4) is 0 Å². The number of aromatic amines is 1. The predicted molar refractivity (Wildman–Crippen MR) is 142 cm³/mol. The molecule has 3 heterocycles. The number of carbonyl (C=O) groups is 1. The number of nitrogens with one attached hydrogen (secondary N) is 1. The summed E-state index contributed by atoms with van der Waals surface area (Å²) in [4.78, 5) is 24.4. The Labute approximate surface area is 202 Å². The van der Waals surface area contributed by atoms with E-state index in [1.807, 2.05) is 20.3 Å². The Hall–Kier alpha value is -2.92. The largest absolute Gasteiger partial charge is 0.354 e. The summed E-state index contributed by atoms with van der Waals surface area (Å²) in [6.45, 7) is 9.25. The number of aromatic nitrogens is 1. The second kappa shape index (κ2) is 9.03. The zero-order valence-electron chi connectivity index (χ0n) is 21.1. The van der Waals surface area contributed by atoms with Gasteiger partial charge in [0.2, 0.25) is 5.91 Å². The molecule has 1 N–H and O–H groups in total. The van der Waals surface area contributed by atoms with Crippen LogP contribution < -0.4 is 0 Å². The molecule has 2 aliphatic heterocycles. The number of aliphatic imine (C=N–C) groups is 1. The number of H-pyrrole nitrogens is 1. The molecule has 1 aromatic heterocycles.